The molecular weight excluding hydrogens is 216 g/mol. The monoisotopic (exact) mass is 232 g/mol. The molecule has 0 bridgehead atoms. The molecule has 0 aliphatic heterocycles. The van der Waals surface area contributed by atoms with Crippen LogP contribution in [-0.2, 0) is 13.5 Å². The molecule has 0 spiro atoms. The fourth-order valence-electron chi connectivity index (χ4n) is 1.57. The van der Waals surface area contributed by atoms with Crippen LogP contribution in [0.5, 0.6) is 0 Å². The molecule has 0 fully saturated rings. The lowest BCUT2D eigenvalue weighted by Crippen LogP contribution is -2.09. The zero-order valence-corrected chi connectivity index (χ0v) is 10.0. The van der Waals surface area contributed by atoms with E-state index in [1.54, 1.807) is 17.2 Å². The number of pyridine rings is 1. The van der Waals surface area contributed by atoms with E-state index in [0.29, 0.717) is 5.69 Å². The Bertz CT molecular complexity index is 504. The van der Waals surface area contributed by atoms with Gasteiger partial charge in [-0.3, -0.25) is 4.68 Å². The number of nitrogen functional groups attached to an aromatic ring is 1. The van der Waals surface area contributed by atoms with Crippen LogP contribution < -0.4 is 11.1 Å². The number of nitrogens with zero attached hydrogens (tertiary/aromatic N) is 4. The quantitative estimate of drug-likeness (QED) is 0.813. The van der Waals surface area contributed by atoms with E-state index in [4.69, 9.17) is 5.73 Å². The van der Waals surface area contributed by atoms with Crippen LogP contribution in [0.3, 0.4) is 0 Å². The van der Waals surface area contributed by atoms with E-state index in [0.717, 1.165) is 30.2 Å². The Morgan fingerprint density at radius 2 is 2.24 bits per heavy atom. The van der Waals surface area contributed by atoms with Gasteiger partial charge >= 0.3 is 0 Å². The first-order chi connectivity index (χ1) is 8.15. The van der Waals surface area contributed by atoms with Gasteiger partial charge in [0.25, 0.3) is 0 Å². The van der Waals surface area contributed by atoms with Crippen LogP contribution in [0.25, 0.3) is 0 Å². The van der Waals surface area contributed by atoms with Gasteiger partial charge in [0.1, 0.15) is 12.1 Å². The van der Waals surface area contributed by atoms with Crippen molar-refractivity contribution < 1.29 is 0 Å². The SMILES string of the molecule is Cc1cc(N)cnc1NCCc1ncn(C)n1. The average molecular weight is 232 g/mol. The van der Waals surface area contributed by atoms with Crippen LogP contribution in [0, 0.1) is 6.92 Å². The van der Waals surface area contributed by atoms with Crippen molar-refractivity contribution in [3.8, 4) is 0 Å². The number of aromatic nitrogens is 4. The molecule has 2 aromatic heterocycles. The first-order valence-corrected chi connectivity index (χ1v) is 5.45. The van der Waals surface area contributed by atoms with E-state index in [1.165, 1.54) is 0 Å². The number of nitrogens with two attached hydrogens (primary N) is 1. The van der Waals surface area contributed by atoms with Crippen molar-refractivity contribution >= 4 is 11.5 Å². The highest BCUT2D eigenvalue weighted by atomic mass is 15.3. The predicted octanol–water partition coefficient (Wildman–Crippen LogP) is 0.755. The molecule has 6 heteroatoms. The Morgan fingerprint density at radius 3 is 2.88 bits per heavy atom. The molecule has 0 aliphatic carbocycles. The summed E-state index contributed by atoms with van der Waals surface area (Å²) < 4.78 is 1.70. The second-order valence-corrected chi connectivity index (χ2v) is 3.95. The summed E-state index contributed by atoms with van der Waals surface area (Å²) in [5, 5.41) is 7.45. The van der Waals surface area contributed by atoms with Gasteiger partial charge in [0, 0.05) is 20.0 Å². The maximum Gasteiger partial charge on any atom is 0.152 e. The molecule has 0 aromatic carbocycles. The Hall–Kier alpha value is -2.11. The smallest absolute Gasteiger partial charge is 0.152 e. The van der Waals surface area contributed by atoms with Gasteiger partial charge in [-0.2, -0.15) is 5.10 Å². The Labute approximate surface area is 99.9 Å². The number of aryl methyl sites for hydroxylation is 2. The van der Waals surface area contributed by atoms with Gasteiger partial charge in [-0.05, 0) is 18.6 Å². The second-order valence-electron chi connectivity index (χ2n) is 3.95. The zero-order valence-electron chi connectivity index (χ0n) is 10.0. The van der Waals surface area contributed by atoms with Crippen molar-refractivity contribution in [1.29, 1.82) is 0 Å². The van der Waals surface area contributed by atoms with E-state index in [1.807, 2.05) is 20.0 Å². The number of anilines is 2. The van der Waals surface area contributed by atoms with Crippen molar-refractivity contribution in [2.45, 2.75) is 13.3 Å². The summed E-state index contributed by atoms with van der Waals surface area (Å²) in [5.41, 5.74) is 7.36. The molecule has 3 N–H and O–H groups in total. The van der Waals surface area contributed by atoms with E-state index < -0.39 is 0 Å². The molecular formula is C11H16N6. The number of hydrogen-bond acceptors (Lipinski definition) is 5. The molecule has 90 valence electrons. The summed E-state index contributed by atoms with van der Waals surface area (Å²) >= 11 is 0. The van der Waals surface area contributed by atoms with Gasteiger partial charge in [0.15, 0.2) is 5.82 Å². The van der Waals surface area contributed by atoms with E-state index in [2.05, 4.69) is 20.4 Å². The van der Waals surface area contributed by atoms with E-state index >= 15 is 0 Å². The van der Waals surface area contributed by atoms with Crippen molar-refractivity contribution in [1.82, 2.24) is 19.7 Å². The Morgan fingerprint density at radius 1 is 1.41 bits per heavy atom. The van der Waals surface area contributed by atoms with Gasteiger partial charge in [-0.25, -0.2) is 9.97 Å². The summed E-state index contributed by atoms with van der Waals surface area (Å²) in [5.74, 6) is 1.68. The van der Waals surface area contributed by atoms with Crippen molar-refractivity contribution in [2.75, 3.05) is 17.6 Å². The molecule has 2 aromatic rings. The summed E-state index contributed by atoms with van der Waals surface area (Å²) in [4.78, 5) is 8.39. The third kappa shape index (κ3) is 2.93. The van der Waals surface area contributed by atoms with Crippen molar-refractivity contribution in [3.63, 3.8) is 0 Å². The maximum absolute atomic E-state index is 5.64. The number of rotatable bonds is 4. The van der Waals surface area contributed by atoms with Crippen LogP contribution in [0.2, 0.25) is 0 Å². The van der Waals surface area contributed by atoms with Crippen LogP contribution in [-0.4, -0.2) is 26.3 Å². The lowest BCUT2D eigenvalue weighted by atomic mass is 10.2. The molecule has 0 saturated carbocycles. The molecule has 17 heavy (non-hydrogen) atoms. The van der Waals surface area contributed by atoms with Gasteiger partial charge < -0.3 is 11.1 Å². The number of nitrogens with one attached hydrogen (secondary N) is 1. The van der Waals surface area contributed by atoms with Gasteiger partial charge in [-0.15, -0.1) is 0 Å². The molecule has 0 amide bonds. The maximum atomic E-state index is 5.64. The standard InChI is InChI=1S/C11H16N6/c1-8-5-9(12)6-14-11(8)13-4-3-10-15-7-17(2)16-10/h5-7H,3-4,12H2,1-2H3,(H,13,14). The molecule has 6 nitrogen and oxygen atoms in total. The van der Waals surface area contributed by atoms with Crippen molar-refractivity contribution in [2.24, 2.45) is 7.05 Å². The zero-order chi connectivity index (χ0) is 12.3. The highest BCUT2D eigenvalue weighted by molar-refractivity contribution is 5.50. The Kier molecular flexibility index (Phi) is 3.22. The molecule has 0 saturated heterocycles. The first kappa shape index (κ1) is 11.4. The van der Waals surface area contributed by atoms with E-state index in [9.17, 15) is 0 Å². The highest BCUT2D eigenvalue weighted by Gasteiger charge is 2.01. The fraction of sp³-hybridized carbons (Fsp3) is 0.364. The first-order valence-electron chi connectivity index (χ1n) is 5.45. The minimum absolute atomic E-state index is 0.680. The van der Waals surface area contributed by atoms with Crippen LogP contribution >= 0.6 is 0 Å². The van der Waals surface area contributed by atoms with Crippen LogP contribution in [0.15, 0.2) is 18.6 Å². The molecule has 0 atom stereocenters. The number of hydrogen-bond donors (Lipinski definition) is 2. The highest BCUT2D eigenvalue weighted by Crippen LogP contribution is 2.13. The van der Waals surface area contributed by atoms with Crippen LogP contribution in [0.1, 0.15) is 11.4 Å². The minimum atomic E-state index is 0.680. The van der Waals surface area contributed by atoms with E-state index in [-0.39, 0.29) is 0 Å². The second kappa shape index (κ2) is 4.82. The predicted molar refractivity (Wildman–Crippen MR) is 66.6 cm³/mol. The van der Waals surface area contributed by atoms with Gasteiger partial charge in [0.2, 0.25) is 0 Å². The fourth-order valence-corrected chi connectivity index (χ4v) is 1.57. The molecule has 0 aliphatic rings. The summed E-state index contributed by atoms with van der Waals surface area (Å²) in [6, 6.07) is 1.90. The lowest BCUT2D eigenvalue weighted by Gasteiger charge is -2.07. The van der Waals surface area contributed by atoms with Gasteiger partial charge in [-0.1, -0.05) is 0 Å². The average Bonchev–Trinajstić information content (AvgIpc) is 2.68. The third-order valence-electron chi connectivity index (χ3n) is 2.39. The summed E-state index contributed by atoms with van der Waals surface area (Å²) in [6.45, 7) is 2.73. The Balaban J connectivity index is 1.90. The molecule has 2 heterocycles. The largest absolute Gasteiger partial charge is 0.397 e. The topological polar surface area (TPSA) is 81.6 Å². The molecule has 0 unspecified atom stereocenters. The summed E-state index contributed by atoms with van der Waals surface area (Å²) in [7, 11) is 1.86. The molecule has 2 rings (SSSR count). The van der Waals surface area contributed by atoms with Crippen LogP contribution in [0.4, 0.5) is 11.5 Å². The molecule has 0 radical (unpaired) electrons. The summed E-state index contributed by atoms with van der Waals surface area (Å²) in [6.07, 6.45) is 4.11. The van der Waals surface area contributed by atoms with Crippen molar-refractivity contribution in [3.05, 3.63) is 30.0 Å². The third-order valence-corrected chi connectivity index (χ3v) is 2.39. The van der Waals surface area contributed by atoms with Gasteiger partial charge in [0.05, 0.1) is 11.9 Å². The lowest BCUT2D eigenvalue weighted by molar-refractivity contribution is 0.741. The normalized spacial score (nSPS) is 10.5. The minimum Gasteiger partial charge on any atom is -0.397 e.